The van der Waals surface area contributed by atoms with Crippen LogP contribution >= 0.6 is 11.8 Å². The van der Waals surface area contributed by atoms with Crippen molar-refractivity contribution in [3.63, 3.8) is 0 Å². The molecule has 0 aromatic rings. The van der Waals surface area contributed by atoms with Gasteiger partial charge >= 0.3 is 0 Å². The van der Waals surface area contributed by atoms with Gasteiger partial charge < -0.3 is 0 Å². The fourth-order valence-corrected chi connectivity index (χ4v) is 3.04. The van der Waals surface area contributed by atoms with Crippen LogP contribution in [0, 0.1) is 5.92 Å². The van der Waals surface area contributed by atoms with Crippen molar-refractivity contribution in [3.8, 4) is 0 Å². The molecule has 0 saturated carbocycles. The molecule has 0 aromatic carbocycles. The minimum absolute atomic E-state index is 0.268. The lowest BCUT2D eigenvalue weighted by Crippen LogP contribution is -2.60. The number of hydrogen-bond acceptors (Lipinski definition) is 3. The summed E-state index contributed by atoms with van der Waals surface area (Å²) >= 11 is 1.81. The van der Waals surface area contributed by atoms with Gasteiger partial charge in [-0.05, 0) is 20.1 Å². The van der Waals surface area contributed by atoms with Gasteiger partial charge in [-0.15, -0.1) is 0 Å². The maximum atomic E-state index is 4.49. The molecule has 0 amide bonds. The van der Waals surface area contributed by atoms with Gasteiger partial charge in [-0.3, -0.25) is 0 Å². The van der Waals surface area contributed by atoms with Crippen LogP contribution in [-0.4, -0.2) is 41.5 Å². The number of quaternary nitrogens is 1. The molecule has 0 aromatic heterocycles. The monoisotopic (exact) mass is 228 g/mol. The van der Waals surface area contributed by atoms with E-state index in [4.69, 9.17) is 0 Å². The van der Waals surface area contributed by atoms with Crippen LogP contribution in [-0.2, 0) is 0 Å². The third-order valence-corrected chi connectivity index (χ3v) is 4.37. The van der Waals surface area contributed by atoms with Crippen LogP contribution in [0.15, 0.2) is 9.98 Å². The number of aliphatic imine (C=N–C) groups is 2. The molecule has 0 radical (unpaired) electrons. The molecule has 3 nitrogen and oxygen atoms in total. The predicted octanol–water partition coefficient (Wildman–Crippen LogP) is 2.58. The molecule has 3 atom stereocenters. The highest BCUT2D eigenvalue weighted by Gasteiger charge is 2.41. The van der Waals surface area contributed by atoms with Crippen molar-refractivity contribution < 1.29 is 4.48 Å². The molecular formula is C11H22N3S+. The van der Waals surface area contributed by atoms with E-state index in [1.54, 1.807) is 18.1 Å². The fourth-order valence-electron chi connectivity index (χ4n) is 2.07. The van der Waals surface area contributed by atoms with Crippen molar-refractivity contribution in [2.75, 3.05) is 12.8 Å². The van der Waals surface area contributed by atoms with Crippen LogP contribution in [0.25, 0.3) is 0 Å². The molecule has 0 fully saturated rings. The lowest BCUT2D eigenvalue weighted by molar-refractivity contribution is -0.871. The van der Waals surface area contributed by atoms with Gasteiger partial charge in [0.05, 0.1) is 12.6 Å². The van der Waals surface area contributed by atoms with Crippen molar-refractivity contribution in [2.24, 2.45) is 15.9 Å². The van der Waals surface area contributed by atoms with Gasteiger partial charge in [0, 0.05) is 5.92 Å². The Labute approximate surface area is 97.3 Å². The highest BCUT2D eigenvalue weighted by atomic mass is 32.2. The van der Waals surface area contributed by atoms with E-state index in [2.05, 4.69) is 50.3 Å². The number of thioether (sulfide) groups is 1. The van der Waals surface area contributed by atoms with E-state index >= 15 is 0 Å². The second-order valence-corrected chi connectivity index (χ2v) is 5.28. The molecule has 4 heteroatoms. The minimum Gasteiger partial charge on any atom is -0.249 e. The van der Waals surface area contributed by atoms with Gasteiger partial charge in [0.25, 0.3) is 0 Å². The van der Waals surface area contributed by atoms with Gasteiger partial charge in [-0.25, -0.2) is 9.48 Å². The van der Waals surface area contributed by atoms with E-state index in [-0.39, 0.29) is 5.50 Å². The van der Waals surface area contributed by atoms with Gasteiger partial charge in [0.1, 0.15) is 6.34 Å². The predicted molar refractivity (Wildman–Crippen MR) is 69.4 cm³/mol. The van der Waals surface area contributed by atoms with Gasteiger partial charge in [0.2, 0.25) is 5.50 Å². The summed E-state index contributed by atoms with van der Waals surface area (Å²) in [5, 5.41) is 0. The SMILES string of the molecule is CC[N+]1(C(C)C(C)C)C=NC=NC1SC. The quantitative estimate of drug-likeness (QED) is 0.679. The normalized spacial score (nSPS) is 32.3. The van der Waals surface area contributed by atoms with E-state index in [0.717, 1.165) is 11.0 Å². The molecule has 3 unspecified atom stereocenters. The van der Waals surface area contributed by atoms with E-state index < -0.39 is 0 Å². The number of nitrogens with zero attached hydrogens (tertiary/aromatic N) is 3. The lowest BCUT2D eigenvalue weighted by atomic mass is 10.0. The largest absolute Gasteiger partial charge is 0.249 e. The Balaban J connectivity index is 3.01. The zero-order valence-corrected chi connectivity index (χ0v) is 11.2. The highest BCUT2D eigenvalue weighted by molar-refractivity contribution is 7.99. The first-order chi connectivity index (χ1) is 7.08. The summed E-state index contributed by atoms with van der Waals surface area (Å²) in [7, 11) is 0. The molecule has 1 heterocycles. The molecule has 0 saturated heterocycles. The van der Waals surface area contributed by atoms with Crippen molar-refractivity contribution in [1.29, 1.82) is 0 Å². The van der Waals surface area contributed by atoms with Crippen molar-refractivity contribution in [1.82, 2.24) is 0 Å². The zero-order chi connectivity index (χ0) is 11.5. The molecule has 15 heavy (non-hydrogen) atoms. The van der Waals surface area contributed by atoms with E-state index in [9.17, 15) is 0 Å². The molecule has 0 bridgehead atoms. The Morgan fingerprint density at radius 3 is 2.53 bits per heavy atom. The van der Waals surface area contributed by atoms with E-state index in [0.29, 0.717) is 12.0 Å². The summed E-state index contributed by atoms with van der Waals surface area (Å²) in [6, 6.07) is 0.550. The van der Waals surface area contributed by atoms with Gasteiger partial charge in [0.15, 0.2) is 6.34 Å². The smallest absolute Gasteiger partial charge is 0.237 e. The Morgan fingerprint density at radius 2 is 2.07 bits per heavy atom. The topological polar surface area (TPSA) is 24.7 Å². The van der Waals surface area contributed by atoms with Crippen molar-refractivity contribution in [2.45, 2.75) is 39.2 Å². The Bertz CT molecular complexity index is 263. The summed E-state index contributed by atoms with van der Waals surface area (Å²) in [6.45, 7) is 10.1. The summed E-state index contributed by atoms with van der Waals surface area (Å²) in [4.78, 5) is 8.73. The summed E-state index contributed by atoms with van der Waals surface area (Å²) in [6.07, 6.45) is 5.87. The Hall–Kier alpha value is -0.350. The number of rotatable bonds is 4. The standard InChI is InChI=1S/C11H22N3S/c1-6-14(10(4)9(2)3)8-12-7-13-11(14)15-5/h7-11H,6H2,1-5H3/q+1. The lowest BCUT2D eigenvalue weighted by Gasteiger charge is -2.44. The molecule has 86 valence electrons. The average Bonchev–Trinajstić information content (AvgIpc) is 2.27. The second kappa shape index (κ2) is 5.12. The Morgan fingerprint density at radius 1 is 1.40 bits per heavy atom. The first-order valence-electron chi connectivity index (χ1n) is 5.54. The molecule has 0 N–H and O–H groups in total. The average molecular weight is 228 g/mol. The first kappa shape index (κ1) is 12.7. The van der Waals surface area contributed by atoms with Crippen molar-refractivity contribution >= 4 is 24.4 Å². The minimum atomic E-state index is 0.268. The fraction of sp³-hybridized carbons (Fsp3) is 0.818. The van der Waals surface area contributed by atoms with Crippen LogP contribution in [0.1, 0.15) is 27.7 Å². The van der Waals surface area contributed by atoms with Crippen LogP contribution in [0.5, 0.6) is 0 Å². The summed E-state index contributed by atoms with van der Waals surface area (Å²) in [5.41, 5.74) is 0.268. The molecule has 1 rings (SSSR count). The maximum Gasteiger partial charge on any atom is 0.237 e. The maximum absolute atomic E-state index is 4.49. The zero-order valence-electron chi connectivity index (χ0n) is 10.3. The summed E-state index contributed by atoms with van der Waals surface area (Å²) in [5.74, 6) is 0.638. The van der Waals surface area contributed by atoms with Crippen LogP contribution in [0.3, 0.4) is 0 Å². The van der Waals surface area contributed by atoms with Crippen molar-refractivity contribution in [3.05, 3.63) is 0 Å². The van der Waals surface area contributed by atoms with Crippen LogP contribution < -0.4 is 0 Å². The van der Waals surface area contributed by atoms with Crippen LogP contribution in [0.4, 0.5) is 0 Å². The molecule has 1 aliphatic rings. The third kappa shape index (κ3) is 2.26. The van der Waals surface area contributed by atoms with Crippen LogP contribution in [0.2, 0.25) is 0 Å². The first-order valence-corrected chi connectivity index (χ1v) is 6.83. The van der Waals surface area contributed by atoms with E-state index in [1.807, 2.05) is 0 Å². The molecular weight excluding hydrogens is 206 g/mol. The third-order valence-electron chi connectivity index (χ3n) is 3.44. The van der Waals surface area contributed by atoms with Gasteiger partial charge in [-0.2, -0.15) is 4.99 Å². The summed E-state index contributed by atoms with van der Waals surface area (Å²) < 4.78 is 0.870. The Kier molecular flexibility index (Phi) is 4.34. The molecule has 1 aliphatic heterocycles. The molecule has 0 spiro atoms. The number of hydrogen-bond donors (Lipinski definition) is 0. The highest BCUT2D eigenvalue weighted by Crippen LogP contribution is 2.30. The van der Waals surface area contributed by atoms with E-state index in [1.165, 1.54) is 0 Å². The second-order valence-electron chi connectivity index (χ2n) is 4.39. The van der Waals surface area contributed by atoms with Gasteiger partial charge in [-0.1, -0.05) is 25.6 Å². The molecule has 0 aliphatic carbocycles.